The van der Waals surface area contributed by atoms with E-state index in [1.54, 1.807) is 0 Å². The highest BCUT2D eigenvalue weighted by atomic mass is 127. The highest BCUT2D eigenvalue weighted by Gasteiger charge is 2.68. The number of rotatable bonds is 4. The second kappa shape index (κ2) is 4.35. The summed E-state index contributed by atoms with van der Waals surface area (Å²) in [7, 11) is 0. The van der Waals surface area contributed by atoms with Crippen molar-refractivity contribution < 1.29 is 35.1 Å². The van der Waals surface area contributed by atoms with E-state index in [1.165, 1.54) is 0 Å². The Morgan fingerprint density at radius 2 is 1.14 bits per heavy atom. The van der Waals surface area contributed by atoms with Crippen LogP contribution in [0.3, 0.4) is 0 Å². The molecule has 0 aromatic heterocycles. The maximum Gasteiger partial charge on any atom is 0.352 e. The van der Waals surface area contributed by atoms with E-state index in [0.29, 0.717) is 0 Å². The standard InChI is InChI=1S/C5H3F8I/c6-1(2(7)8)4(10,11)5(12,13)3(9)14/h1-3H. The Morgan fingerprint density at radius 3 is 1.36 bits per heavy atom. The highest BCUT2D eigenvalue weighted by Crippen LogP contribution is 2.45. The maximum atomic E-state index is 12.2. The molecule has 86 valence electrons. The number of hydrogen-bond acceptors (Lipinski definition) is 0. The molecular weight excluding hydrogens is 339 g/mol. The summed E-state index contributed by atoms with van der Waals surface area (Å²) in [6, 6.07) is 0. The first kappa shape index (κ1) is 14.2. The third-order valence-corrected chi connectivity index (χ3v) is 2.07. The summed E-state index contributed by atoms with van der Waals surface area (Å²) < 4.78 is 92.3. The molecule has 2 atom stereocenters. The van der Waals surface area contributed by atoms with Crippen molar-refractivity contribution >= 4 is 22.6 Å². The Morgan fingerprint density at radius 1 is 0.786 bits per heavy atom. The molecule has 0 heterocycles. The molecule has 0 fully saturated rings. The van der Waals surface area contributed by atoms with Crippen molar-refractivity contribution in [2.75, 3.05) is 0 Å². The van der Waals surface area contributed by atoms with Crippen LogP contribution in [-0.2, 0) is 0 Å². The van der Waals surface area contributed by atoms with Crippen molar-refractivity contribution in [2.24, 2.45) is 0 Å². The molecule has 0 rings (SSSR count). The zero-order valence-electron chi connectivity index (χ0n) is 6.13. The molecule has 0 aromatic rings. The van der Waals surface area contributed by atoms with E-state index in [-0.39, 0.29) is 22.6 Å². The SMILES string of the molecule is FC(F)C(F)C(F)(F)C(F)(F)C(F)I. The van der Waals surface area contributed by atoms with Crippen LogP contribution in [0.5, 0.6) is 0 Å². The van der Waals surface area contributed by atoms with Crippen molar-refractivity contribution in [2.45, 2.75) is 28.6 Å². The van der Waals surface area contributed by atoms with Crippen LogP contribution in [0.1, 0.15) is 0 Å². The summed E-state index contributed by atoms with van der Waals surface area (Å²) in [4.78, 5) is 0. The van der Waals surface area contributed by atoms with Crippen molar-refractivity contribution in [3.8, 4) is 0 Å². The molecule has 0 bridgehead atoms. The predicted molar refractivity (Wildman–Crippen MR) is 39.7 cm³/mol. The fraction of sp³-hybridized carbons (Fsp3) is 1.00. The van der Waals surface area contributed by atoms with Gasteiger partial charge in [-0.3, -0.25) is 0 Å². The molecule has 9 heteroatoms. The minimum absolute atomic E-state index is 0.259. The average molecular weight is 342 g/mol. The second-order valence-corrected chi connectivity index (χ2v) is 3.38. The normalized spacial score (nSPS) is 18.4. The molecule has 0 aliphatic heterocycles. The van der Waals surface area contributed by atoms with Crippen LogP contribution in [0.2, 0.25) is 0 Å². The van der Waals surface area contributed by atoms with E-state index in [4.69, 9.17) is 0 Å². The molecule has 0 N–H and O–H groups in total. The highest BCUT2D eigenvalue weighted by molar-refractivity contribution is 14.1. The van der Waals surface area contributed by atoms with Crippen LogP contribution in [0, 0.1) is 0 Å². The molecule has 0 aliphatic carbocycles. The van der Waals surface area contributed by atoms with Crippen LogP contribution in [0.15, 0.2) is 0 Å². The quantitative estimate of drug-likeness (QED) is 0.416. The Labute approximate surface area is 86.8 Å². The number of hydrogen-bond donors (Lipinski definition) is 0. The fourth-order valence-corrected chi connectivity index (χ4v) is 0.903. The van der Waals surface area contributed by atoms with Crippen molar-refractivity contribution in [1.29, 1.82) is 0 Å². The summed E-state index contributed by atoms with van der Waals surface area (Å²) in [6.07, 6.45) is -8.70. The van der Waals surface area contributed by atoms with Gasteiger partial charge in [0.1, 0.15) is 0 Å². The first-order chi connectivity index (χ1) is 6.05. The van der Waals surface area contributed by atoms with E-state index in [1.807, 2.05) is 0 Å². The molecule has 0 aromatic carbocycles. The Hall–Kier alpha value is 0.170. The van der Waals surface area contributed by atoms with E-state index < -0.39 is 28.6 Å². The maximum absolute atomic E-state index is 12.2. The van der Waals surface area contributed by atoms with Gasteiger partial charge in [0, 0.05) is 0 Å². The van der Waals surface area contributed by atoms with Gasteiger partial charge >= 0.3 is 11.8 Å². The molecule has 0 spiro atoms. The Bertz CT molecular complexity index is 190. The van der Waals surface area contributed by atoms with Crippen LogP contribution in [0.25, 0.3) is 0 Å². The van der Waals surface area contributed by atoms with Gasteiger partial charge in [-0.25, -0.2) is 17.6 Å². The molecular formula is C5H3F8I. The Balaban J connectivity index is 4.93. The predicted octanol–water partition coefficient (Wildman–Crippen LogP) is 3.59. The molecule has 14 heavy (non-hydrogen) atoms. The molecule has 2 unspecified atom stereocenters. The third kappa shape index (κ3) is 2.40. The molecule has 0 radical (unpaired) electrons. The van der Waals surface area contributed by atoms with Crippen LogP contribution in [0.4, 0.5) is 35.1 Å². The summed E-state index contributed by atoms with van der Waals surface area (Å²) in [5, 5.41) is 0. The zero-order valence-corrected chi connectivity index (χ0v) is 8.29. The lowest BCUT2D eigenvalue weighted by molar-refractivity contribution is -0.264. The lowest BCUT2D eigenvalue weighted by Gasteiger charge is -2.28. The van der Waals surface area contributed by atoms with Crippen LogP contribution in [-0.4, -0.2) is 28.6 Å². The van der Waals surface area contributed by atoms with Crippen LogP contribution >= 0.6 is 22.6 Å². The van der Waals surface area contributed by atoms with Gasteiger partial charge < -0.3 is 0 Å². The van der Waals surface area contributed by atoms with Crippen LogP contribution < -0.4 is 0 Å². The van der Waals surface area contributed by atoms with Crippen molar-refractivity contribution in [3.05, 3.63) is 0 Å². The van der Waals surface area contributed by atoms with Gasteiger partial charge in [-0.1, -0.05) is 0 Å². The summed E-state index contributed by atoms with van der Waals surface area (Å²) in [5.74, 6) is -11.2. The van der Waals surface area contributed by atoms with Gasteiger partial charge in [0.2, 0.25) is 10.4 Å². The first-order valence-corrected chi connectivity index (χ1v) is 4.25. The largest absolute Gasteiger partial charge is 0.352 e. The Kier molecular flexibility index (Phi) is 4.41. The lowest BCUT2D eigenvalue weighted by Crippen LogP contribution is -2.54. The van der Waals surface area contributed by atoms with Crippen molar-refractivity contribution in [1.82, 2.24) is 0 Å². The molecule has 0 amide bonds. The smallest absolute Gasteiger partial charge is 0.234 e. The number of alkyl halides is 9. The summed E-state index contributed by atoms with van der Waals surface area (Å²) in [6.45, 7) is 0. The minimum Gasteiger partial charge on any atom is -0.234 e. The van der Waals surface area contributed by atoms with E-state index in [0.717, 1.165) is 0 Å². The summed E-state index contributed by atoms with van der Waals surface area (Å²) >= 11 is 0.259. The monoisotopic (exact) mass is 342 g/mol. The van der Waals surface area contributed by atoms with E-state index in [9.17, 15) is 35.1 Å². The van der Waals surface area contributed by atoms with E-state index >= 15 is 0 Å². The van der Waals surface area contributed by atoms with E-state index in [2.05, 4.69) is 0 Å². The third-order valence-electron chi connectivity index (χ3n) is 1.29. The minimum atomic E-state index is -5.73. The fourth-order valence-electron chi connectivity index (χ4n) is 0.488. The molecule has 0 aliphatic rings. The average Bonchev–Trinajstić information content (AvgIpc) is 2.01. The first-order valence-electron chi connectivity index (χ1n) is 3.01. The molecule has 0 saturated carbocycles. The summed E-state index contributed by atoms with van der Waals surface area (Å²) in [5.41, 5.74) is 0. The lowest BCUT2D eigenvalue weighted by atomic mass is 10.1. The number of halogens is 9. The molecule has 0 nitrogen and oxygen atoms in total. The van der Waals surface area contributed by atoms with Gasteiger partial charge in [0.25, 0.3) is 6.43 Å². The van der Waals surface area contributed by atoms with Gasteiger partial charge in [0.05, 0.1) is 0 Å². The van der Waals surface area contributed by atoms with Gasteiger partial charge in [-0.2, -0.15) is 17.6 Å². The second-order valence-electron chi connectivity index (χ2n) is 2.28. The zero-order chi connectivity index (χ0) is 11.7. The van der Waals surface area contributed by atoms with Crippen molar-refractivity contribution in [3.63, 3.8) is 0 Å². The molecule has 0 saturated heterocycles. The van der Waals surface area contributed by atoms with Gasteiger partial charge in [-0.05, 0) is 22.6 Å². The van der Waals surface area contributed by atoms with Gasteiger partial charge in [0.15, 0.2) is 0 Å². The van der Waals surface area contributed by atoms with Gasteiger partial charge in [-0.15, -0.1) is 0 Å². The topological polar surface area (TPSA) is 0 Å².